The van der Waals surface area contributed by atoms with E-state index in [1.54, 1.807) is 6.33 Å². The van der Waals surface area contributed by atoms with Crippen LogP contribution in [0.25, 0.3) is 0 Å². The third-order valence-electron chi connectivity index (χ3n) is 2.35. The molecule has 16 heavy (non-hydrogen) atoms. The van der Waals surface area contributed by atoms with E-state index in [1.807, 2.05) is 42.7 Å². The molecule has 0 aliphatic rings. The Hall–Kier alpha value is -1.90. The molecule has 0 saturated heterocycles. The van der Waals surface area contributed by atoms with Gasteiger partial charge < -0.3 is 4.98 Å². The summed E-state index contributed by atoms with van der Waals surface area (Å²) >= 11 is 0. The molecule has 0 saturated carbocycles. The van der Waals surface area contributed by atoms with Gasteiger partial charge in [-0.3, -0.25) is 4.99 Å². The van der Waals surface area contributed by atoms with Gasteiger partial charge in [-0.2, -0.15) is 0 Å². The molecular formula is C13H15N3. The fourth-order valence-electron chi connectivity index (χ4n) is 1.52. The smallest absolute Gasteiger partial charge is 0.0921 e. The molecule has 2 rings (SSSR count). The van der Waals surface area contributed by atoms with E-state index in [0.29, 0.717) is 0 Å². The van der Waals surface area contributed by atoms with Crippen molar-refractivity contribution in [3.05, 3.63) is 54.1 Å². The van der Waals surface area contributed by atoms with Crippen molar-refractivity contribution >= 4 is 6.21 Å². The molecule has 0 spiro atoms. The number of nitrogens with zero attached hydrogens (tertiary/aromatic N) is 2. The predicted octanol–water partition coefficient (Wildman–Crippen LogP) is 2.46. The number of aromatic amines is 1. The van der Waals surface area contributed by atoms with Crippen LogP contribution in [0.5, 0.6) is 0 Å². The van der Waals surface area contributed by atoms with Crippen LogP contribution in [0.4, 0.5) is 0 Å². The Morgan fingerprint density at radius 3 is 2.88 bits per heavy atom. The van der Waals surface area contributed by atoms with E-state index >= 15 is 0 Å². The average molecular weight is 213 g/mol. The summed E-state index contributed by atoms with van der Waals surface area (Å²) < 4.78 is 0. The molecule has 0 aliphatic heterocycles. The number of rotatable bonds is 4. The van der Waals surface area contributed by atoms with E-state index in [-0.39, 0.29) is 6.04 Å². The molecule has 82 valence electrons. The first-order chi connectivity index (χ1) is 7.84. The highest BCUT2D eigenvalue weighted by molar-refractivity contribution is 5.79. The molecule has 0 unspecified atom stereocenters. The van der Waals surface area contributed by atoms with Gasteiger partial charge >= 0.3 is 0 Å². The van der Waals surface area contributed by atoms with Crippen molar-refractivity contribution in [3.63, 3.8) is 0 Å². The molecule has 3 heteroatoms. The molecule has 1 N–H and O–H groups in total. The molecule has 1 heterocycles. The van der Waals surface area contributed by atoms with Gasteiger partial charge in [-0.25, -0.2) is 4.98 Å². The highest BCUT2D eigenvalue weighted by Crippen LogP contribution is 2.02. The van der Waals surface area contributed by atoms with Crippen LogP contribution in [0.2, 0.25) is 0 Å². The molecule has 0 fully saturated rings. The minimum absolute atomic E-state index is 0.264. The SMILES string of the molecule is C[C@H](Cc1cnc[nH]1)N=Cc1ccccc1. The van der Waals surface area contributed by atoms with Crippen molar-refractivity contribution in [2.45, 2.75) is 19.4 Å². The normalized spacial score (nSPS) is 13.1. The van der Waals surface area contributed by atoms with Gasteiger partial charge in [-0.05, 0) is 12.5 Å². The minimum atomic E-state index is 0.264. The fourth-order valence-corrected chi connectivity index (χ4v) is 1.52. The highest BCUT2D eigenvalue weighted by atomic mass is 14.9. The molecule has 3 nitrogen and oxygen atoms in total. The second kappa shape index (κ2) is 5.26. The summed E-state index contributed by atoms with van der Waals surface area (Å²) in [6.45, 7) is 2.10. The van der Waals surface area contributed by atoms with Crippen LogP contribution < -0.4 is 0 Å². The maximum absolute atomic E-state index is 4.50. The highest BCUT2D eigenvalue weighted by Gasteiger charge is 2.01. The van der Waals surface area contributed by atoms with Crippen LogP contribution in [0.15, 0.2) is 47.8 Å². The van der Waals surface area contributed by atoms with Crippen LogP contribution in [0.1, 0.15) is 18.2 Å². The minimum Gasteiger partial charge on any atom is -0.348 e. The van der Waals surface area contributed by atoms with Gasteiger partial charge in [-0.15, -0.1) is 0 Å². The van der Waals surface area contributed by atoms with E-state index in [2.05, 4.69) is 21.9 Å². The summed E-state index contributed by atoms with van der Waals surface area (Å²) in [4.78, 5) is 11.6. The quantitative estimate of drug-likeness (QED) is 0.779. The van der Waals surface area contributed by atoms with Crippen LogP contribution >= 0.6 is 0 Å². The first kappa shape index (κ1) is 10.6. The van der Waals surface area contributed by atoms with Crippen molar-refractivity contribution in [2.75, 3.05) is 0 Å². The van der Waals surface area contributed by atoms with Crippen LogP contribution in [0, 0.1) is 0 Å². The predicted molar refractivity (Wildman–Crippen MR) is 65.8 cm³/mol. The first-order valence-electron chi connectivity index (χ1n) is 5.40. The van der Waals surface area contributed by atoms with Gasteiger partial charge in [0.15, 0.2) is 0 Å². The number of hydrogen-bond donors (Lipinski definition) is 1. The molecule has 1 atom stereocenters. The molecule has 1 aromatic heterocycles. The van der Waals surface area contributed by atoms with E-state index in [0.717, 1.165) is 17.7 Å². The van der Waals surface area contributed by atoms with Crippen molar-refractivity contribution < 1.29 is 0 Å². The molecule has 0 amide bonds. The second-order valence-corrected chi connectivity index (χ2v) is 3.82. The number of benzene rings is 1. The Kier molecular flexibility index (Phi) is 3.49. The lowest BCUT2D eigenvalue weighted by molar-refractivity contribution is 0.731. The van der Waals surface area contributed by atoms with Gasteiger partial charge in [0, 0.05) is 24.5 Å². The maximum atomic E-state index is 4.50. The Balaban J connectivity index is 1.92. The monoisotopic (exact) mass is 213 g/mol. The van der Waals surface area contributed by atoms with Crippen LogP contribution in [-0.4, -0.2) is 22.2 Å². The molecular weight excluding hydrogens is 198 g/mol. The third kappa shape index (κ3) is 3.05. The van der Waals surface area contributed by atoms with Crippen molar-refractivity contribution in [1.82, 2.24) is 9.97 Å². The fraction of sp³-hybridized carbons (Fsp3) is 0.231. The van der Waals surface area contributed by atoms with Crippen molar-refractivity contribution in [2.24, 2.45) is 4.99 Å². The maximum Gasteiger partial charge on any atom is 0.0921 e. The lowest BCUT2D eigenvalue weighted by atomic mass is 10.2. The lowest BCUT2D eigenvalue weighted by Gasteiger charge is -2.03. The van der Waals surface area contributed by atoms with Gasteiger partial charge in [0.1, 0.15) is 0 Å². The van der Waals surface area contributed by atoms with Crippen LogP contribution in [-0.2, 0) is 6.42 Å². The summed E-state index contributed by atoms with van der Waals surface area (Å²) in [5.41, 5.74) is 2.26. The van der Waals surface area contributed by atoms with E-state index in [9.17, 15) is 0 Å². The molecule has 0 bridgehead atoms. The number of nitrogens with one attached hydrogen (secondary N) is 1. The largest absolute Gasteiger partial charge is 0.348 e. The van der Waals surface area contributed by atoms with Gasteiger partial charge in [0.05, 0.1) is 12.4 Å². The molecule has 0 aliphatic carbocycles. The second-order valence-electron chi connectivity index (χ2n) is 3.82. The molecule has 0 radical (unpaired) electrons. The number of hydrogen-bond acceptors (Lipinski definition) is 2. The van der Waals surface area contributed by atoms with Gasteiger partial charge in [-0.1, -0.05) is 30.3 Å². The zero-order valence-electron chi connectivity index (χ0n) is 9.30. The number of H-pyrrole nitrogens is 1. The summed E-state index contributed by atoms with van der Waals surface area (Å²) in [6, 6.07) is 10.4. The summed E-state index contributed by atoms with van der Waals surface area (Å²) in [6.07, 6.45) is 6.35. The van der Waals surface area contributed by atoms with Gasteiger partial charge in [0.2, 0.25) is 0 Å². The Morgan fingerprint density at radius 1 is 1.38 bits per heavy atom. The zero-order chi connectivity index (χ0) is 11.2. The number of imidazole rings is 1. The van der Waals surface area contributed by atoms with E-state index in [1.165, 1.54) is 0 Å². The van der Waals surface area contributed by atoms with E-state index in [4.69, 9.17) is 0 Å². The molecule has 1 aromatic carbocycles. The first-order valence-corrected chi connectivity index (χ1v) is 5.40. The Bertz CT molecular complexity index is 431. The van der Waals surface area contributed by atoms with E-state index < -0.39 is 0 Å². The summed E-state index contributed by atoms with van der Waals surface area (Å²) in [5.74, 6) is 0. The van der Waals surface area contributed by atoms with Gasteiger partial charge in [0.25, 0.3) is 0 Å². The zero-order valence-corrected chi connectivity index (χ0v) is 9.30. The van der Waals surface area contributed by atoms with Crippen molar-refractivity contribution in [1.29, 1.82) is 0 Å². The Morgan fingerprint density at radius 2 is 2.19 bits per heavy atom. The summed E-state index contributed by atoms with van der Waals surface area (Å²) in [7, 11) is 0. The summed E-state index contributed by atoms with van der Waals surface area (Å²) in [5, 5.41) is 0. The van der Waals surface area contributed by atoms with Crippen molar-refractivity contribution in [3.8, 4) is 0 Å². The molecule has 2 aromatic rings. The lowest BCUT2D eigenvalue weighted by Crippen LogP contribution is -2.03. The Labute approximate surface area is 95.3 Å². The average Bonchev–Trinajstić information content (AvgIpc) is 2.81. The third-order valence-corrected chi connectivity index (χ3v) is 2.35. The number of aromatic nitrogens is 2. The number of aliphatic imine (C=N–C) groups is 1. The topological polar surface area (TPSA) is 41.0 Å². The standard InChI is InChI=1S/C13H15N3/c1-11(7-13-9-14-10-16-13)15-8-12-5-3-2-4-6-12/h2-6,8-11H,7H2,1H3,(H,14,16)/t11-/m1/s1. The van der Waals surface area contributed by atoms with Crippen LogP contribution in [0.3, 0.4) is 0 Å².